The first-order chi connectivity index (χ1) is 12.7. The second-order valence-corrected chi connectivity index (χ2v) is 6.49. The van der Waals surface area contributed by atoms with Crippen LogP contribution in [0.15, 0.2) is 55.1 Å². The summed E-state index contributed by atoms with van der Waals surface area (Å²) in [6.07, 6.45) is 7.05. The highest BCUT2D eigenvalue weighted by molar-refractivity contribution is 5.92. The molecular formula is C19H21N5O2. The van der Waals surface area contributed by atoms with Crippen LogP contribution in [0.1, 0.15) is 21.7 Å². The summed E-state index contributed by atoms with van der Waals surface area (Å²) in [5.74, 6) is 0.00197. The van der Waals surface area contributed by atoms with Crippen LogP contribution in [0.3, 0.4) is 0 Å². The summed E-state index contributed by atoms with van der Waals surface area (Å²) in [6, 6.07) is 9.55. The number of carbonyl (C=O) groups is 1. The predicted molar refractivity (Wildman–Crippen MR) is 95.2 cm³/mol. The third kappa shape index (κ3) is 3.39. The zero-order valence-electron chi connectivity index (χ0n) is 14.7. The van der Waals surface area contributed by atoms with Crippen molar-refractivity contribution in [2.24, 2.45) is 7.05 Å². The predicted octanol–water partition coefficient (Wildman–Crippen LogP) is 1.86. The lowest BCUT2D eigenvalue weighted by Gasteiger charge is -2.24. The van der Waals surface area contributed by atoms with Gasteiger partial charge in [-0.05, 0) is 29.8 Å². The van der Waals surface area contributed by atoms with Gasteiger partial charge < -0.3 is 14.2 Å². The summed E-state index contributed by atoms with van der Waals surface area (Å²) in [5, 5.41) is 4.38. The van der Waals surface area contributed by atoms with E-state index < -0.39 is 0 Å². The Hall–Kier alpha value is -2.93. The third-order valence-electron chi connectivity index (χ3n) is 4.62. The Bertz CT molecular complexity index is 886. The molecule has 0 saturated heterocycles. The van der Waals surface area contributed by atoms with Gasteiger partial charge in [0.25, 0.3) is 5.91 Å². The molecule has 1 aliphatic heterocycles. The molecule has 26 heavy (non-hydrogen) atoms. The Labute approximate surface area is 151 Å². The number of aromatic nitrogens is 4. The van der Waals surface area contributed by atoms with Gasteiger partial charge in [0.05, 0.1) is 31.5 Å². The molecule has 0 spiro atoms. The molecule has 1 aliphatic rings. The molecule has 0 aromatic carbocycles. The highest BCUT2D eigenvalue weighted by atomic mass is 16.5. The number of carbonyl (C=O) groups excluding carboxylic acids is 1. The van der Waals surface area contributed by atoms with Gasteiger partial charge in [-0.3, -0.25) is 14.5 Å². The van der Waals surface area contributed by atoms with Crippen LogP contribution in [0.4, 0.5) is 0 Å². The molecule has 1 atom stereocenters. The van der Waals surface area contributed by atoms with Crippen molar-refractivity contribution in [3.63, 3.8) is 0 Å². The van der Waals surface area contributed by atoms with Crippen LogP contribution >= 0.6 is 0 Å². The fourth-order valence-electron chi connectivity index (χ4n) is 3.22. The smallest absolute Gasteiger partial charge is 0.270 e. The van der Waals surface area contributed by atoms with Crippen molar-refractivity contribution >= 4 is 5.91 Å². The van der Waals surface area contributed by atoms with Gasteiger partial charge in [-0.15, -0.1) is 0 Å². The lowest BCUT2D eigenvalue weighted by atomic mass is 10.2. The monoisotopic (exact) mass is 351 g/mol. The average molecular weight is 351 g/mol. The highest BCUT2D eigenvalue weighted by Crippen LogP contribution is 2.17. The number of aryl methyl sites for hydroxylation is 1. The fraction of sp³-hybridized carbons (Fsp3) is 0.316. The number of hydrogen-bond acceptors (Lipinski definition) is 4. The van der Waals surface area contributed by atoms with Crippen LogP contribution in [0.25, 0.3) is 0 Å². The van der Waals surface area contributed by atoms with Gasteiger partial charge >= 0.3 is 0 Å². The number of fused-ring (bicyclic) bond motifs is 1. The molecule has 0 fully saturated rings. The van der Waals surface area contributed by atoms with Gasteiger partial charge in [-0.1, -0.05) is 6.07 Å². The maximum atomic E-state index is 13.0. The molecule has 1 amide bonds. The van der Waals surface area contributed by atoms with Crippen molar-refractivity contribution in [2.45, 2.75) is 25.8 Å². The standard InChI is InChI=1S/C19H21N5O2/c1-22-9-3-5-18(22)19(25)23-11-16-6-8-21-24(16)13-17(12-23)26-14-15-4-2-7-20-10-15/h2-10,17H,11-14H2,1H3. The molecule has 4 heterocycles. The van der Waals surface area contributed by atoms with Crippen molar-refractivity contribution in [3.05, 3.63) is 72.1 Å². The first-order valence-corrected chi connectivity index (χ1v) is 8.62. The molecule has 1 unspecified atom stereocenters. The summed E-state index contributed by atoms with van der Waals surface area (Å²) < 4.78 is 9.87. The van der Waals surface area contributed by atoms with E-state index in [0.717, 1.165) is 11.3 Å². The Kier molecular flexibility index (Phi) is 4.53. The topological polar surface area (TPSA) is 65.2 Å². The first kappa shape index (κ1) is 16.5. The number of nitrogens with zero attached hydrogens (tertiary/aromatic N) is 5. The molecule has 0 radical (unpaired) electrons. The molecular weight excluding hydrogens is 330 g/mol. The summed E-state index contributed by atoms with van der Waals surface area (Å²) in [6.45, 7) is 2.13. The van der Waals surface area contributed by atoms with Crippen LogP contribution in [0, 0.1) is 0 Å². The van der Waals surface area contributed by atoms with E-state index in [9.17, 15) is 4.79 Å². The van der Waals surface area contributed by atoms with Crippen molar-refractivity contribution < 1.29 is 9.53 Å². The number of amides is 1. The quantitative estimate of drug-likeness (QED) is 0.720. The van der Waals surface area contributed by atoms with Gasteiger partial charge in [0, 0.05) is 38.4 Å². The van der Waals surface area contributed by atoms with Gasteiger partial charge in [-0.25, -0.2) is 0 Å². The zero-order valence-corrected chi connectivity index (χ0v) is 14.7. The highest BCUT2D eigenvalue weighted by Gasteiger charge is 2.27. The lowest BCUT2D eigenvalue weighted by Crippen LogP contribution is -2.38. The minimum Gasteiger partial charge on any atom is -0.370 e. The van der Waals surface area contributed by atoms with E-state index in [4.69, 9.17) is 4.74 Å². The second-order valence-electron chi connectivity index (χ2n) is 6.49. The van der Waals surface area contributed by atoms with Crippen molar-refractivity contribution in [1.29, 1.82) is 0 Å². The molecule has 0 aliphatic carbocycles. The van der Waals surface area contributed by atoms with Crippen LogP contribution < -0.4 is 0 Å². The van der Waals surface area contributed by atoms with E-state index in [2.05, 4.69) is 10.1 Å². The lowest BCUT2D eigenvalue weighted by molar-refractivity contribution is 0.00883. The summed E-state index contributed by atoms with van der Waals surface area (Å²) >= 11 is 0. The van der Waals surface area contributed by atoms with E-state index in [-0.39, 0.29) is 12.0 Å². The largest absolute Gasteiger partial charge is 0.370 e. The minimum atomic E-state index is -0.138. The normalized spacial score (nSPS) is 17.0. The number of pyridine rings is 1. The molecule has 4 rings (SSSR count). The molecule has 0 saturated carbocycles. The molecule has 134 valence electrons. The molecule has 0 N–H and O–H groups in total. The Balaban J connectivity index is 1.53. The average Bonchev–Trinajstić information content (AvgIpc) is 3.24. The summed E-state index contributed by atoms with van der Waals surface area (Å²) in [4.78, 5) is 18.9. The third-order valence-corrected chi connectivity index (χ3v) is 4.62. The van der Waals surface area contributed by atoms with Crippen molar-refractivity contribution in [2.75, 3.05) is 6.54 Å². The SMILES string of the molecule is Cn1cccc1C(=O)N1Cc2ccnn2CC(OCc2cccnc2)C1. The molecule has 3 aromatic rings. The van der Waals surface area contributed by atoms with Gasteiger partial charge in [0.15, 0.2) is 0 Å². The first-order valence-electron chi connectivity index (χ1n) is 8.62. The van der Waals surface area contributed by atoms with Gasteiger partial charge in [0.2, 0.25) is 0 Å². The number of rotatable bonds is 4. The molecule has 3 aromatic heterocycles. The van der Waals surface area contributed by atoms with Crippen LogP contribution in [-0.2, 0) is 31.5 Å². The fourth-order valence-corrected chi connectivity index (χ4v) is 3.22. The second kappa shape index (κ2) is 7.13. The van der Waals surface area contributed by atoms with E-state index in [1.54, 1.807) is 18.6 Å². The molecule has 7 nitrogen and oxygen atoms in total. The number of ether oxygens (including phenoxy) is 1. The zero-order chi connectivity index (χ0) is 17.9. The van der Waals surface area contributed by atoms with Crippen LogP contribution in [0.2, 0.25) is 0 Å². The van der Waals surface area contributed by atoms with Crippen LogP contribution in [0.5, 0.6) is 0 Å². The van der Waals surface area contributed by atoms with Gasteiger partial charge in [-0.2, -0.15) is 5.10 Å². The van der Waals surface area contributed by atoms with E-state index >= 15 is 0 Å². The Morgan fingerprint density at radius 2 is 2.15 bits per heavy atom. The summed E-state index contributed by atoms with van der Waals surface area (Å²) in [7, 11) is 1.88. The Morgan fingerprint density at radius 3 is 2.92 bits per heavy atom. The Morgan fingerprint density at radius 1 is 1.23 bits per heavy atom. The van der Waals surface area contributed by atoms with E-state index in [1.165, 1.54) is 0 Å². The van der Waals surface area contributed by atoms with Crippen molar-refractivity contribution in [3.8, 4) is 0 Å². The summed E-state index contributed by atoms with van der Waals surface area (Å²) in [5.41, 5.74) is 2.70. The molecule has 7 heteroatoms. The van der Waals surface area contributed by atoms with E-state index in [1.807, 2.05) is 57.7 Å². The maximum Gasteiger partial charge on any atom is 0.270 e. The number of hydrogen-bond donors (Lipinski definition) is 0. The van der Waals surface area contributed by atoms with E-state index in [0.29, 0.717) is 31.9 Å². The minimum absolute atomic E-state index is 0.00197. The van der Waals surface area contributed by atoms with Crippen LogP contribution in [-0.4, -0.2) is 42.8 Å². The molecule has 0 bridgehead atoms. The van der Waals surface area contributed by atoms with Gasteiger partial charge in [0.1, 0.15) is 5.69 Å². The van der Waals surface area contributed by atoms with Crippen molar-refractivity contribution in [1.82, 2.24) is 24.2 Å². The maximum absolute atomic E-state index is 13.0.